The molecule has 0 bridgehead atoms. The van der Waals surface area contributed by atoms with Crippen molar-refractivity contribution in [2.24, 2.45) is 11.7 Å². The smallest absolute Gasteiger partial charge is 0.243 e. The van der Waals surface area contributed by atoms with Gasteiger partial charge in [-0.25, -0.2) is 8.42 Å². The second-order valence-electron chi connectivity index (χ2n) is 10.5. The Labute approximate surface area is 231 Å². The predicted molar refractivity (Wildman–Crippen MR) is 152 cm³/mol. The maximum Gasteiger partial charge on any atom is 0.243 e. The Bertz CT molecular complexity index is 1380. The first-order valence-electron chi connectivity index (χ1n) is 13.3. The second kappa shape index (κ2) is 11.7. The Kier molecular flexibility index (Phi) is 8.57. The highest BCUT2D eigenvalue weighted by Gasteiger charge is 2.52. The number of nitrogens with zero attached hydrogens (tertiary/aromatic N) is 2. The molecule has 0 saturated heterocycles. The van der Waals surface area contributed by atoms with Gasteiger partial charge < -0.3 is 10.3 Å². The maximum absolute atomic E-state index is 13.1. The molecule has 1 saturated carbocycles. The number of rotatable bonds is 6. The van der Waals surface area contributed by atoms with Crippen molar-refractivity contribution in [3.63, 3.8) is 0 Å². The van der Waals surface area contributed by atoms with Gasteiger partial charge in [-0.15, -0.1) is 0 Å². The van der Waals surface area contributed by atoms with E-state index < -0.39 is 15.5 Å². The number of aryl methyl sites for hydroxylation is 1. The molecule has 3 aromatic rings. The molecule has 0 spiro atoms. The average Bonchev–Trinajstić information content (AvgIpc) is 3.52. The van der Waals surface area contributed by atoms with Crippen LogP contribution < -0.4 is 5.73 Å². The molecular weight excluding hydrogens is 510 g/mol. The van der Waals surface area contributed by atoms with Crippen LogP contribution in [0.3, 0.4) is 0 Å². The average molecular weight is 548 g/mol. The molecule has 206 valence electrons. The summed E-state index contributed by atoms with van der Waals surface area (Å²) in [6.45, 7) is 6.17. The number of amides is 1. The Hall–Kier alpha value is -3.49. The van der Waals surface area contributed by atoms with Crippen LogP contribution in [0.5, 0.6) is 0 Å². The highest BCUT2D eigenvalue weighted by Crippen LogP contribution is 2.48. The van der Waals surface area contributed by atoms with E-state index in [4.69, 9.17) is 5.73 Å². The molecule has 7 nitrogen and oxygen atoms in total. The predicted octanol–water partition coefficient (Wildman–Crippen LogP) is 3.90. The standard InChI is InChI=1S/C24H29N3O.C7H8O3S/c1-18-26(2)15-16-27(18)22-14-13-21(17-22)24(23(25)28,19-9-5-3-6-10-19)20-11-7-4-8-12-20;1-6-2-4-7(5-3-6)11(8,9)10/h3-12,21-22H,13-17H2,1-2H3,(H-,25,28);2-5H,1H3,(H,8,9,10)/t21-,22+;/m0./s1. The van der Waals surface area contributed by atoms with E-state index in [1.165, 1.54) is 18.0 Å². The number of likely N-dealkylation sites (N-methyl/N-ethyl adjacent to an activating group) is 1. The summed E-state index contributed by atoms with van der Waals surface area (Å²) in [6.07, 6.45) is 3.09. The van der Waals surface area contributed by atoms with Crippen LogP contribution in [0.4, 0.5) is 0 Å². The summed E-state index contributed by atoms with van der Waals surface area (Å²) >= 11 is 0. The second-order valence-corrected chi connectivity index (χ2v) is 11.9. The van der Waals surface area contributed by atoms with Crippen molar-refractivity contribution >= 4 is 21.9 Å². The Balaban J connectivity index is 0.000000270. The van der Waals surface area contributed by atoms with Gasteiger partial charge in [0.15, 0.2) is 0 Å². The first kappa shape index (κ1) is 28.5. The number of carbonyl (C=O) groups is 1. The summed E-state index contributed by atoms with van der Waals surface area (Å²) in [5.41, 5.74) is 8.37. The van der Waals surface area contributed by atoms with E-state index in [2.05, 4.69) is 47.7 Å². The fraction of sp³-hybridized carbons (Fsp3) is 0.355. The summed E-state index contributed by atoms with van der Waals surface area (Å²) in [6, 6.07) is 26.5. The maximum atomic E-state index is 13.1. The molecule has 1 heterocycles. The van der Waals surface area contributed by atoms with Gasteiger partial charge in [-0.3, -0.25) is 14.3 Å². The Morgan fingerprint density at radius 1 is 0.923 bits per heavy atom. The molecular formula is C31H37N3O4S. The van der Waals surface area contributed by atoms with Crippen molar-refractivity contribution in [1.29, 1.82) is 0 Å². The van der Waals surface area contributed by atoms with Crippen molar-refractivity contribution in [2.75, 3.05) is 20.1 Å². The van der Waals surface area contributed by atoms with Crippen molar-refractivity contribution in [1.82, 2.24) is 4.90 Å². The fourth-order valence-corrected chi connectivity index (χ4v) is 6.58. The number of primary amides is 1. The van der Waals surface area contributed by atoms with Crippen molar-refractivity contribution in [3.8, 4) is 0 Å². The van der Waals surface area contributed by atoms with E-state index in [0.717, 1.165) is 49.0 Å². The molecule has 0 aromatic heterocycles. The SMILES string of the molecule is CC1=[N+](C)CCN1[C@@H]1CC[C@H](C(C(N)=O)(c2ccccc2)c2ccccc2)C1.Cc1ccc(S(=O)(=O)[O-])cc1. The van der Waals surface area contributed by atoms with Gasteiger partial charge in [0.1, 0.15) is 28.6 Å². The summed E-state index contributed by atoms with van der Waals surface area (Å²) in [5, 5.41) is 0. The lowest BCUT2D eigenvalue weighted by Crippen LogP contribution is -2.48. The lowest BCUT2D eigenvalue weighted by Gasteiger charge is -2.37. The Morgan fingerprint density at radius 3 is 1.90 bits per heavy atom. The van der Waals surface area contributed by atoms with Crippen LogP contribution in [-0.4, -0.2) is 60.4 Å². The van der Waals surface area contributed by atoms with E-state index in [1.807, 2.05) is 43.3 Å². The van der Waals surface area contributed by atoms with Crippen LogP contribution in [-0.2, 0) is 20.3 Å². The molecule has 3 aromatic carbocycles. The number of benzene rings is 3. The van der Waals surface area contributed by atoms with E-state index in [0.29, 0.717) is 6.04 Å². The zero-order chi connectivity index (χ0) is 28.2. The van der Waals surface area contributed by atoms with Crippen LogP contribution in [0.25, 0.3) is 0 Å². The number of carbonyl (C=O) groups excluding carboxylic acids is 1. The molecule has 1 amide bonds. The molecule has 1 aliphatic carbocycles. The van der Waals surface area contributed by atoms with E-state index in [-0.39, 0.29) is 16.7 Å². The summed E-state index contributed by atoms with van der Waals surface area (Å²) in [7, 11) is -2.11. The van der Waals surface area contributed by atoms with Gasteiger partial charge in [-0.1, -0.05) is 78.4 Å². The molecule has 0 radical (unpaired) electrons. The van der Waals surface area contributed by atoms with Gasteiger partial charge in [-0.2, -0.15) is 0 Å². The zero-order valence-electron chi connectivity index (χ0n) is 22.8. The molecule has 39 heavy (non-hydrogen) atoms. The summed E-state index contributed by atoms with van der Waals surface area (Å²) < 4.78 is 33.5. The number of amidine groups is 1. The van der Waals surface area contributed by atoms with Crippen molar-refractivity contribution < 1.29 is 22.3 Å². The van der Waals surface area contributed by atoms with Crippen LogP contribution in [0.15, 0.2) is 89.8 Å². The topological polar surface area (TPSA) is 107 Å². The number of nitrogens with two attached hydrogens (primary N) is 1. The molecule has 8 heteroatoms. The van der Waals surface area contributed by atoms with E-state index in [1.54, 1.807) is 12.1 Å². The van der Waals surface area contributed by atoms with Crippen molar-refractivity contribution in [3.05, 3.63) is 102 Å². The third-order valence-corrected chi connectivity index (χ3v) is 9.11. The van der Waals surface area contributed by atoms with E-state index in [9.17, 15) is 17.8 Å². The van der Waals surface area contributed by atoms with Gasteiger partial charge >= 0.3 is 0 Å². The summed E-state index contributed by atoms with van der Waals surface area (Å²) in [4.78, 5) is 15.5. The lowest BCUT2D eigenvalue weighted by atomic mass is 9.64. The van der Waals surface area contributed by atoms with E-state index >= 15 is 0 Å². The minimum absolute atomic E-state index is 0.178. The molecule has 1 fully saturated rings. The highest BCUT2D eigenvalue weighted by molar-refractivity contribution is 7.85. The molecule has 2 aliphatic rings. The Morgan fingerprint density at radius 2 is 1.46 bits per heavy atom. The molecule has 5 rings (SSSR count). The number of hydrogen-bond donors (Lipinski definition) is 1. The first-order chi connectivity index (χ1) is 18.5. The lowest BCUT2D eigenvalue weighted by molar-refractivity contribution is -0.487. The van der Waals surface area contributed by atoms with Gasteiger partial charge in [-0.05, 0) is 55.4 Å². The van der Waals surface area contributed by atoms with Crippen LogP contribution in [0.2, 0.25) is 0 Å². The summed E-state index contributed by atoms with van der Waals surface area (Å²) in [5.74, 6) is 1.29. The van der Waals surface area contributed by atoms with Gasteiger partial charge in [0.25, 0.3) is 0 Å². The molecule has 0 unspecified atom stereocenters. The quantitative estimate of drug-likeness (QED) is 0.372. The van der Waals surface area contributed by atoms with Crippen LogP contribution >= 0.6 is 0 Å². The molecule has 2 atom stereocenters. The minimum Gasteiger partial charge on any atom is -0.744 e. The van der Waals surface area contributed by atoms with Gasteiger partial charge in [0.05, 0.1) is 18.0 Å². The highest BCUT2D eigenvalue weighted by atomic mass is 32.2. The van der Waals surface area contributed by atoms with Gasteiger partial charge in [0, 0.05) is 6.92 Å². The van der Waals surface area contributed by atoms with Crippen LogP contribution in [0.1, 0.15) is 42.9 Å². The molecule has 1 aliphatic heterocycles. The first-order valence-corrected chi connectivity index (χ1v) is 14.7. The third-order valence-electron chi connectivity index (χ3n) is 8.26. The third kappa shape index (κ3) is 5.92. The van der Waals surface area contributed by atoms with Crippen molar-refractivity contribution in [2.45, 2.75) is 49.5 Å². The normalized spacial score (nSPS) is 19.5. The number of hydrogen-bond acceptors (Lipinski definition) is 5. The fourth-order valence-electron chi connectivity index (χ4n) is 6.11. The largest absolute Gasteiger partial charge is 0.744 e. The zero-order valence-corrected chi connectivity index (χ0v) is 23.6. The monoisotopic (exact) mass is 547 g/mol. The van der Waals surface area contributed by atoms with Gasteiger partial charge in [0.2, 0.25) is 11.7 Å². The van der Waals surface area contributed by atoms with Crippen LogP contribution in [0, 0.1) is 12.8 Å². The molecule has 2 N–H and O–H groups in total. The minimum atomic E-state index is -4.27.